The molecule has 26 heavy (non-hydrogen) atoms. The average Bonchev–Trinajstić information content (AvgIpc) is 3.21. The predicted octanol–water partition coefficient (Wildman–Crippen LogP) is 3.37. The second-order valence-electron chi connectivity index (χ2n) is 6.99. The molecule has 1 N–H and O–H groups in total. The van der Waals surface area contributed by atoms with Gasteiger partial charge in [-0.05, 0) is 43.0 Å². The third kappa shape index (κ3) is 3.64. The number of likely N-dealkylation sites (tertiary alicyclic amines) is 1. The summed E-state index contributed by atoms with van der Waals surface area (Å²) in [6.45, 7) is 4.52. The summed E-state index contributed by atoms with van der Waals surface area (Å²) < 4.78 is 2.13. The van der Waals surface area contributed by atoms with Crippen LogP contribution < -0.4 is 5.32 Å². The number of aryl methyl sites for hydroxylation is 1. The summed E-state index contributed by atoms with van der Waals surface area (Å²) in [7, 11) is 2.07. The van der Waals surface area contributed by atoms with E-state index >= 15 is 0 Å². The van der Waals surface area contributed by atoms with Gasteiger partial charge in [-0.25, -0.2) is 4.98 Å². The van der Waals surface area contributed by atoms with Crippen LogP contribution in [0.5, 0.6) is 0 Å². The number of nitrogens with zero attached hydrogens (tertiary/aromatic N) is 4. The number of fused-ring (bicyclic) bond motifs is 1. The molecule has 3 aromatic rings. The van der Waals surface area contributed by atoms with E-state index in [0.717, 1.165) is 25.2 Å². The van der Waals surface area contributed by atoms with Gasteiger partial charge in [0.25, 0.3) is 0 Å². The highest BCUT2D eigenvalue weighted by molar-refractivity contribution is 7.15. The Kier molecular flexibility index (Phi) is 4.74. The van der Waals surface area contributed by atoms with E-state index in [9.17, 15) is 4.79 Å². The molecule has 1 aliphatic heterocycles. The van der Waals surface area contributed by atoms with Crippen LogP contribution in [-0.2, 0) is 18.4 Å². The average molecular weight is 369 g/mol. The van der Waals surface area contributed by atoms with E-state index in [4.69, 9.17) is 0 Å². The first-order valence-corrected chi connectivity index (χ1v) is 9.76. The third-order valence-corrected chi connectivity index (χ3v) is 5.84. The number of amides is 1. The molecule has 1 fully saturated rings. The smallest absolute Gasteiger partial charge is 0.223 e. The number of piperidine rings is 1. The number of aromatic nitrogens is 3. The van der Waals surface area contributed by atoms with Crippen LogP contribution in [0.2, 0.25) is 0 Å². The number of hydrogen-bond acceptors (Lipinski definition) is 5. The molecule has 4 heterocycles. The Morgan fingerprint density at radius 1 is 1.38 bits per heavy atom. The van der Waals surface area contributed by atoms with E-state index in [0.29, 0.717) is 11.0 Å². The first-order valence-electron chi connectivity index (χ1n) is 8.94. The van der Waals surface area contributed by atoms with Gasteiger partial charge in [0.1, 0.15) is 0 Å². The van der Waals surface area contributed by atoms with Crippen LogP contribution in [0, 0.1) is 0 Å². The van der Waals surface area contributed by atoms with Crippen LogP contribution in [0.3, 0.4) is 0 Å². The van der Waals surface area contributed by atoms with Crippen molar-refractivity contribution in [3.05, 3.63) is 41.2 Å². The summed E-state index contributed by atoms with van der Waals surface area (Å²) >= 11 is 1.56. The van der Waals surface area contributed by atoms with Crippen molar-refractivity contribution in [3.8, 4) is 0 Å². The van der Waals surface area contributed by atoms with Gasteiger partial charge in [-0.1, -0.05) is 0 Å². The molecule has 1 atom stereocenters. The van der Waals surface area contributed by atoms with Gasteiger partial charge in [-0.3, -0.25) is 14.7 Å². The molecule has 1 amide bonds. The molecular formula is C19H23N5OS. The van der Waals surface area contributed by atoms with Gasteiger partial charge in [0.15, 0.2) is 5.13 Å². The number of rotatable bonds is 4. The van der Waals surface area contributed by atoms with Crippen LogP contribution in [-0.4, -0.2) is 38.4 Å². The van der Waals surface area contributed by atoms with Crippen molar-refractivity contribution >= 4 is 33.4 Å². The van der Waals surface area contributed by atoms with Crippen molar-refractivity contribution in [3.63, 3.8) is 0 Å². The molecule has 1 aliphatic rings. The van der Waals surface area contributed by atoms with Crippen molar-refractivity contribution in [2.45, 2.75) is 32.2 Å². The van der Waals surface area contributed by atoms with Crippen molar-refractivity contribution in [2.24, 2.45) is 7.05 Å². The summed E-state index contributed by atoms with van der Waals surface area (Å²) in [6, 6.07) is 4.35. The van der Waals surface area contributed by atoms with Gasteiger partial charge in [-0.15, -0.1) is 11.3 Å². The zero-order valence-corrected chi connectivity index (χ0v) is 15.9. The summed E-state index contributed by atoms with van der Waals surface area (Å²) in [4.78, 5) is 23.7. The minimum atomic E-state index is -0.0764. The normalized spacial score (nSPS) is 18.3. The number of nitrogens with one attached hydrogen (secondary N) is 1. The molecule has 136 valence electrons. The maximum absolute atomic E-state index is 11.1. The fraction of sp³-hybridized carbons (Fsp3) is 0.421. The largest absolute Gasteiger partial charge is 0.349 e. The SMILES string of the molecule is CC(=O)Nc1ncc(CN2CCC[C@@H](c3cnc4ccn(C)c4c3)C2)s1. The van der Waals surface area contributed by atoms with Crippen molar-refractivity contribution in [2.75, 3.05) is 18.4 Å². The van der Waals surface area contributed by atoms with Gasteiger partial charge in [0.05, 0.1) is 11.0 Å². The number of carbonyl (C=O) groups excluding carboxylic acids is 1. The third-order valence-electron chi connectivity index (χ3n) is 4.95. The Balaban J connectivity index is 1.45. The highest BCUT2D eigenvalue weighted by atomic mass is 32.1. The van der Waals surface area contributed by atoms with Crippen LogP contribution in [0.4, 0.5) is 5.13 Å². The summed E-state index contributed by atoms with van der Waals surface area (Å²) in [5, 5.41) is 3.44. The second-order valence-corrected chi connectivity index (χ2v) is 8.10. The molecular weight excluding hydrogens is 346 g/mol. The quantitative estimate of drug-likeness (QED) is 0.766. The molecule has 0 radical (unpaired) electrons. The fourth-order valence-electron chi connectivity index (χ4n) is 3.66. The number of carbonyl (C=O) groups is 1. The maximum atomic E-state index is 11.1. The molecule has 1 saturated heterocycles. The van der Waals surface area contributed by atoms with Gasteiger partial charge in [0, 0.05) is 50.5 Å². The Bertz CT molecular complexity index is 931. The Morgan fingerprint density at radius 3 is 3.12 bits per heavy atom. The van der Waals surface area contributed by atoms with Gasteiger partial charge < -0.3 is 9.88 Å². The van der Waals surface area contributed by atoms with Crippen LogP contribution in [0.15, 0.2) is 30.7 Å². The zero-order chi connectivity index (χ0) is 18.1. The molecule has 0 unspecified atom stereocenters. The Labute approximate surface area is 156 Å². The topological polar surface area (TPSA) is 63.1 Å². The number of pyridine rings is 1. The van der Waals surface area contributed by atoms with Crippen LogP contribution in [0.25, 0.3) is 11.0 Å². The van der Waals surface area contributed by atoms with Gasteiger partial charge in [0.2, 0.25) is 5.91 Å². The number of hydrogen-bond donors (Lipinski definition) is 1. The maximum Gasteiger partial charge on any atom is 0.223 e. The van der Waals surface area contributed by atoms with Crippen LogP contribution in [0.1, 0.15) is 36.1 Å². The first-order chi connectivity index (χ1) is 12.6. The minimum absolute atomic E-state index is 0.0764. The molecule has 6 nitrogen and oxygen atoms in total. The Hall–Kier alpha value is -2.25. The first kappa shape index (κ1) is 17.2. The molecule has 4 rings (SSSR count). The van der Waals surface area contributed by atoms with Crippen LogP contribution >= 0.6 is 11.3 Å². The van der Waals surface area contributed by atoms with E-state index in [1.165, 1.54) is 35.7 Å². The number of anilines is 1. The highest BCUT2D eigenvalue weighted by Gasteiger charge is 2.23. The zero-order valence-electron chi connectivity index (χ0n) is 15.1. The molecule has 0 bridgehead atoms. The van der Waals surface area contributed by atoms with Gasteiger partial charge in [-0.2, -0.15) is 0 Å². The van der Waals surface area contributed by atoms with E-state index in [-0.39, 0.29) is 5.91 Å². The summed E-state index contributed by atoms with van der Waals surface area (Å²) in [5.41, 5.74) is 3.58. The summed E-state index contributed by atoms with van der Waals surface area (Å²) in [6.07, 6.45) is 8.36. The second kappa shape index (κ2) is 7.17. The lowest BCUT2D eigenvalue weighted by Gasteiger charge is -2.32. The standard InChI is InChI=1S/C19H23N5OS/c1-13(25)22-19-21-10-16(26-19)12-24-6-3-4-14(11-24)15-8-18-17(20-9-15)5-7-23(18)2/h5,7-10,14H,3-4,6,11-12H2,1-2H3,(H,21,22,25)/t14-/m1/s1. The monoisotopic (exact) mass is 369 g/mol. The lowest BCUT2D eigenvalue weighted by Crippen LogP contribution is -2.33. The lowest BCUT2D eigenvalue weighted by molar-refractivity contribution is -0.114. The Morgan fingerprint density at radius 2 is 2.27 bits per heavy atom. The molecule has 0 aliphatic carbocycles. The van der Waals surface area contributed by atoms with E-state index in [1.807, 2.05) is 12.4 Å². The van der Waals surface area contributed by atoms with Crippen molar-refractivity contribution in [1.29, 1.82) is 0 Å². The number of thiazole rings is 1. The molecule has 0 saturated carbocycles. The van der Waals surface area contributed by atoms with Crippen molar-refractivity contribution < 1.29 is 4.79 Å². The van der Waals surface area contributed by atoms with E-state index in [1.54, 1.807) is 11.3 Å². The lowest BCUT2D eigenvalue weighted by atomic mass is 9.91. The molecule has 3 aromatic heterocycles. The van der Waals surface area contributed by atoms with Gasteiger partial charge >= 0.3 is 0 Å². The predicted molar refractivity (Wildman–Crippen MR) is 104 cm³/mol. The minimum Gasteiger partial charge on any atom is -0.349 e. The van der Waals surface area contributed by atoms with E-state index in [2.05, 4.69) is 50.1 Å². The fourth-order valence-corrected chi connectivity index (χ4v) is 4.56. The highest BCUT2D eigenvalue weighted by Crippen LogP contribution is 2.30. The van der Waals surface area contributed by atoms with Crippen molar-refractivity contribution in [1.82, 2.24) is 19.4 Å². The molecule has 7 heteroatoms. The van der Waals surface area contributed by atoms with E-state index < -0.39 is 0 Å². The molecule has 0 aromatic carbocycles. The summed E-state index contributed by atoms with van der Waals surface area (Å²) in [5.74, 6) is 0.436. The molecule has 0 spiro atoms.